The Bertz CT molecular complexity index is 764. The summed E-state index contributed by atoms with van der Waals surface area (Å²) in [5, 5.41) is 5.71. The summed E-state index contributed by atoms with van der Waals surface area (Å²) in [5.74, 6) is -0.101. The number of nitrogens with one attached hydrogen (secondary N) is 2. The van der Waals surface area contributed by atoms with E-state index in [1.807, 2.05) is 24.3 Å². The third-order valence-corrected chi connectivity index (χ3v) is 5.12. The molecule has 0 aliphatic carbocycles. The van der Waals surface area contributed by atoms with Crippen molar-refractivity contribution in [2.75, 3.05) is 17.6 Å². The Labute approximate surface area is 150 Å². The zero-order chi connectivity index (χ0) is 17.6. The summed E-state index contributed by atoms with van der Waals surface area (Å²) < 4.78 is 12.8. The van der Waals surface area contributed by atoms with Crippen LogP contribution in [0.15, 0.2) is 53.4 Å². The van der Waals surface area contributed by atoms with E-state index in [9.17, 15) is 14.0 Å². The molecular weight excluding hydrogens is 339 g/mol. The number of thioether (sulfide) groups is 1. The smallest absolute Gasteiger partial charge is 0.228 e. The molecular formula is C19H19FN2O2S. The molecule has 130 valence electrons. The maximum Gasteiger partial charge on any atom is 0.228 e. The van der Waals surface area contributed by atoms with Gasteiger partial charge in [-0.25, -0.2) is 4.39 Å². The molecule has 6 heteroatoms. The second kappa shape index (κ2) is 8.16. The molecule has 1 atom stereocenters. The lowest BCUT2D eigenvalue weighted by atomic mass is 9.90. The van der Waals surface area contributed by atoms with Gasteiger partial charge in [-0.3, -0.25) is 9.59 Å². The Hall–Kier alpha value is -2.34. The van der Waals surface area contributed by atoms with Gasteiger partial charge >= 0.3 is 0 Å². The van der Waals surface area contributed by atoms with Crippen LogP contribution in [0.25, 0.3) is 0 Å². The van der Waals surface area contributed by atoms with Crippen LogP contribution in [-0.4, -0.2) is 24.1 Å². The van der Waals surface area contributed by atoms with Crippen LogP contribution in [-0.2, 0) is 9.59 Å². The number of rotatable bonds is 6. The van der Waals surface area contributed by atoms with E-state index in [1.54, 1.807) is 23.9 Å². The van der Waals surface area contributed by atoms with Crippen molar-refractivity contribution in [3.8, 4) is 0 Å². The van der Waals surface area contributed by atoms with Crippen LogP contribution in [0.1, 0.15) is 24.3 Å². The summed E-state index contributed by atoms with van der Waals surface area (Å²) in [5.41, 5.74) is 1.58. The zero-order valence-electron chi connectivity index (χ0n) is 13.6. The molecule has 2 aromatic rings. The van der Waals surface area contributed by atoms with Crippen molar-refractivity contribution >= 4 is 29.3 Å². The molecule has 1 unspecified atom stereocenters. The van der Waals surface area contributed by atoms with E-state index < -0.39 is 5.92 Å². The summed E-state index contributed by atoms with van der Waals surface area (Å²) in [4.78, 5) is 25.2. The van der Waals surface area contributed by atoms with E-state index >= 15 is 0 Å². The number of hydrogen-bond acceptors (Lipinski definition) is 3. The van der Waals surface area contributed by atoms with Gasteiger partial charge in [-0.2, -0.15) is 0 Å². The second-order valence-corrected chi connectivity index (χ2v) is 7.01. The van der Waals surface area contributed by atoms with Crippen molar-refractivity contribution in [2.24, 2.45) is 0 Å². The van der Waals surface area contributed by atoms with Gasteiger partial charge in [0, 0.05) is 23.5 Å². The number of carbonyl (C=O) groups is 2. The highest BCUT2D eigenvalue weighted by Crippen LogP contribution is 2.31. The van der Waals surface area contributed by atoms with Gasteiger partial charge in [0.25, 0.3) is 0 Å². The largest absolute Gasteiger partial charge is 0.356 e. The first-order valence-electron chi connectivity index (χ1n) is 8.18. The van der Waals surface area contributed by atoms with Gasteiger partial charge in [-0.15, -0.1) is 11.8 Å². The molecule has 0 fully saturated rings. The van der Waals surface area contributed by atoms with E-state index in [1.165, 1.54) is 12.1 Å². The van der Waals surface area contributed by atoms with Gasteiger partial charge in [0.1, 0.15) is 5.82 Å². The fourth-order valence-corrected chi connectivity index (χ4v) is 3.63. The lowest BCUT2D eigenvalue weighted by Gasteiger charge is -2.24. The summed E-state index contributed by atoms with van der Waals surface area (Å²) in [7, 11) is 0. The van der Waals surface area contributed by atoms with Gasteiger partial charge in [-0.1, -0.05) is 18.2 Å². The molecule has 1 heterocycles. The molecule has 0 aromatic heterocycles. The molecule has 0 spiro atoms. The molecule has 1 aliphatic heterocycles. The zero-order valence-corrected chi connectivity index (χ0v) is 14.4. The van der Waals surface area contributed by atoms with Crippen molar-refractivity contribution in [3.63, 3.8) is 0 Å². The predicted octanol–water partition coefficient (Wildman–Crippen LogP) is 3.55. The minimum absolute atomic E-state index is 0.117. The van der Waals surface area contributed by atoms with Gasteiger partial charge < -0.3 is 10.6 Å². The van der Waals surface area contributed by atoms with Crippen molar-refractivity contribution < 1.29 is 14.0 Å². The Balaban J connectivity index is 1.46. The van der Waals surface area contributed by atoms with E-state index in [2.05, 4.69) is 10.6 Å². The van der Waals surface area contributed by atoms with Crippen molar-refractivity contribution in [2.45, 2.75) is 23.7 Å². The molecule has 0 radical (unpaired) electrons. The molecule has 4 nitrogen and oxygen atoms in total. The Kier molecular flexibility index (Phi) is 5.71. The number of benzene rings is 2. The van der Waals surface area contributed by atoms with Crippen LogP contribution in [0.3, 0.4) is 0 Å². The minimum Gasteiger partial charge on any atom is -0.356 e. The maximum absolute atomic E-state index is 12.8. The van der Waals surface area contributed by atoms with Crippen molar-refractivity contribution in [1.29, 1.82) is 0 Å². The predicted molar refractivity (Wildman–Crippen MR) is 97.2 cm³/mol. The van der Waals surface area contributed by atoms with Gasteiger partial charge in [-0.05, 0) is 48.1 Å². The van der Waals surface area contributed by atoms with Gasteiger partial charge in [0.2, 0.25) is 11.8 Å². The van der Waals surface area contributed by atoms with Crippen LogP contribution in [0.2, 0.25) is 0 Å². The Morgan fingerprint density at radius 3 is 2.76 bits per heavy atom. The number of halogens is 1. The van der Waals surface area contributed by atoms with Gasteiger partial charge in [0.15, 0.2) is 0 Å². The Morgan fingerprint density at radius 2 is 1.96 bits per heavy atom. The van der Waals surface area contributed by atoms with E-state index in [0.29, 0.717) is 12.2 Å². The summed E-state index contributed by atoms with van der Waals surface area (Å²) in [6.45, 7) is 0.549. The number of carbonyl (C=O) groups excluding carboxylic acids is 2. The average Bonchev–Trinajstić information content (AvgIpc) is 2.62. The van der Waals surface area contributed by atoms with Gasteiger partial charge in [0.05, 0.1) is 5.92 Å². The van der Waals surface area contributed by atoms with Crippen LogP contribution in [0, 0.1) is 5.82 Å². The Morgan fingerprint density at radius 1 is 1.20 bits per heavy atom. The molecule has 0 saturated heterocycles. The number of para-hydroxylation sites is 1. The summed E-state index contributed by atoms with van der Waals surface area (Å²) in [6.07, 6.45) is 0.974. The summed E-state index contributed by atoms with van der Waals surface area (Å²) in [6, 6.07) is 13.8. The highest BCUT2D eigenvalue weighted by Gasteiger charge is 2.29. The number of anilines is 1. The molecule has 2 aromatic carbocycles. The SMILES string of the molecule is O=C1CC(C(=O)NCCCSc2ccc(F)cc2)c2ccccc2N1. The average molecular weight is 358 g/mol. The first-order chi connectivity index (χ1) is 12.1. The third kappa shape index (κ3) is 4.60. The second-order valence-electron chi connectivity index (χ2n) is 5.84. The highest BCUT2D eigenvalue weighted by atomic mass is 32.2. The third-order valence-electron chi connectivity index (χ3n) is 4.02. The maximum atomic E-state index is 12.8. The molecule has 0 saturated carbocycles. The highest BCUT2D eigenvalue weighted by molar-refractivity contribution is 7.99. The summed E-state index contributed by atoms with van der Waals surface area (Å²) >= 11 is 1.62. The minimum atomic E-state index is -0.435. The standard InChI is InChI=1S/C19H19FN2O2S/c20-13-6-8-14(9-7-13)25-11-3-10-21-19(24)16-12-18(23)22-17-5-2-1-4-15(16)17/h1-2,4-9,16H,3,10-12H2,(H,21,24)(H,22,23). The molecule has 1 aliphatic rings. The molecule has 2 amide bonds. The monoisotopic (exact) mass is 358 g/mol. The van der Waals surface area contributed by atoms with E-state index in [4.69, 9.17) is 0 Å². The first kappa shape index (κ1) is 17.5. The molecule has 0 bridgehead atoms. The molecule has 2 N–H and O–H groups in total. The fraction of sp³-hybridized carbons (Fsp3) is 0.263. The van der Waals surface area contributed by atoms with Crippen molar-refractivity contribution in [1.82, 2.24) is 5.32 Å². The molecule has 3 rings (SSSR count). The first-order valence-corrected chi connectivity index (χ1v) is 9.17. The lowest BCUT2D eigenvalue weighted by molar-refractivity contribution is -0.126. The quantitative estimate of drug-likeness (QED) is 0.613. The van der Waals surface area contributed by atoms with Crippen molar-refractivity contribution in [3.05, 3.63) is 59.9 Å². The fourth-order valence-electron chi connectivity index (χ4n) is 2.77. The number of amides is 2. The molecule has 25 heavy (non-hydrogen) atoms. The lowest BCUT2D eigenvalue weighted by Crippen LogP contribution is -2.35. The van der Waals surface area contributed by atoms with Crippen LogP contribution < -0.4 is 10.6 Å². The number of hydrogen-bond donors (Lipinski definition) is 2. The normalized spacial score (nSPS) is 16.0. The topological polar surface area (TPSA) is 58.2 Å². The van der Waals surface area contributed by atoms with E-state index in [0.717, 1.165) is 22.6 Å². The number of fused-ring (bicyclic) bond motifs is 1. The van der Waals surface area contributed by atoms with Crippen LogP contribution >= 0.6 is 11.8 Å². The van der Waals surface area contributed by atoms with Crippen LogP contribution in [0.5, 0.6) is 0 Å². The van der Waals surface area contributed by atoms with E-state index in [-0.39, 0.29) is 24.1 Å². The van der Waals surface area contributed by atoms with Crippen LogP contribution in [0.4, 0.5) is 10.1 Å².